The molecule has 0 radical (unpaired) electrons. The summed E-state index contributed by atoms with van der Waals surface area (Å²) in [6, 6.07) is 5.30. The van der Waals surface area contributed by atoms with E-state index in [4.69, 9.17) is 16.3 Å². The van der Waals surface area contributed by atoms with Gasteiger partial charge in [-0.05, 0) is 55.2 Å². The Balaban J connectivity index is 1.40. The van der Waals surface area contributed by atoms with Gasteiger partial charge in [0, 0.05) is 61.4 Å². The van der Waals surface area contributed by atoms with Gasteiger partial charge in [0.15, 0.2) is 5.82 Å². The highest BCUT2D eigenvalue weighted by Gasteiger charge is 2.22. The lowest BCUT2D eigenvalue weighted by atomic mass is 9.90. The molecule has 3 heterocycles. The summed E-state index contributed by atoms with van der Waals surface area (Å²) >= 11 is 8.59. The Labute approximate surface area is 195 Å². The van der Waals surface area contributed by atoms with Crippen LogP contribution < -0.4 is 10.6 Å². The van der Waals surface area contributed by atoms with Crippen molar-refractivity contribution in [3.8, 4) is 0 Å². The average Bonchev–Trinajstić information content (AvgIpc) is 2.76. The number of anilines is 3. The number of halogens is 3. The molecule has 9 heteroatoms. The first kappa shape index (κ1) is 22.0. The van der Waals surface area contributed by atoms with E-state index in [-0.39, 0.29) is 11.7 Å². The Morgan fingerprint density at radius 1 is 1.20 bits per heavy atom. The van der Waals surface area contributed by atoms with Gasteiger partial charge in [-0.1, -0.05) is 17.7 Å². The number of hydrogen-bond donors (Lipinski definition) is 2. The van der Waals surface area contributed by atoms with Crippen LogP contribution in [0.5, 0.6) is 0 Å². The zero-order chi connectivity index (χ0) is 20.9. The van der Waals surface area contributed by atoms with E-state index in [1.807, 2.05) is 12.1 Å². The van der Waals surface area contributed by atoms with E-state index in [0.29, 0.717) is 28.4 Å². The summed E-state index contributed by atoms with van der Waals surface area (Å²) in [5.41, 5.74) is 1.42. The first-order chi connectivity index (χ1) is 14.6. The molecule has 0 atom stereocenters. The van der Waals surface area contributed by atoms with Crippen molar-refractivity contribution in [2.45, 2.75) is 31.6 Å². The Bertz CT molecular complexity index is 859. The SMILES string of the molecule is Fc1cc(Nc2ncc(Cl)c(NCC3CCOCC3)n2)ccc1C1CCN(I)CC1. The van der Waals surface area contributed by atoms with Crippen molar-refractivity contribution in [2.75, 3.05) is 43.5 Å². The number of nitrogens with one attached hydrogen (secondary N) is 2. The number of rotatable bonds is 6. The second-order valence-electron chi connectivity index (χ2n) is 7.87. The lowest BCUT2D eigenvalue weighted by Gasteiger charge is -2.28. The van der Waals surface area contributed by atoms with Gasteiger partial charge in [0.2, 0.25) is 5.95 Å². The fourth-order valence-corrected chi connectivity index (χ4v) is 4.68. The molecule has 0 spiro atoms. The Kier molecular flexibility index (Phi) is 7.61. The standard InChI is InChI=1S/C21H26ClFIN5O/c22-18-13-26-21(28-20(18)25-12-14-5-9-30-10-6-14)27-16-1-2-17(19(23)11-16)15-3-7-29(24)8-4-15/h1-2,11,13-15H,3-10,12H2,(H2,25,26,27,28). The highest BCUT2D eigenvalue weighted by atomic mass is 127. The van der Waals surface area contributed by atoms with E-state index in [9.17, 15) is 4.39 Å². The molecule has 1 aromatic heterocycles. The molecule has 0 unspecified atom stereocenters. The van der Waals surface area contributed by atoms with Crippen LogP contribution in [0.4, 0.5) is 21.8 Å². The van der Waals surface area contributed by atoms with Gasteiger partial charge >= 0.3 is 0 Å². The van der Waals surface area contributed by atoms with Crippen LogP contribution in [0.2, 0.25) is 5.02 Å². The van der Waals surface area contributed by atoms with Crippen LogP contribution in [0, 0.1) is 11.7 Å². The molecule has 2 aromatic rings. The van der Waals surface area contributed by atoms with E-state index in [1.165, 1.54) is 6.07 Å². The maximum Gasteiger partial charge on any atom is 0.229 e. The molecule has 0 aliphatic carbocycles. The molecule has 2 N–H and O–H groups in total. The molecule has 1 aromatic carbocycles. The zero-order valence-electron chi connectivity index (χ0n) is 16.7. The molecular weight excluding hydrogens is 520 g/mol. The number of ether oxygens (including phenoxy) is 1. The van der Waals surface area contributed by atoms with Gasteiger partial charge in [-0.3, -0.25) is 0 Å². The first-order valence-electron chi connectivity index (χ1n) is 10.4. The predicted molar refractivity (Wildman–Crippen MR) is 126 cm³/mol. The summed E-state index contributed by atoms with van der Waals surface area (Å²) in [6.07, 6.45) is 5.59. The Morgan fingerprint density at radius 2 is 1.97 bits per heavy atom. The monoisotopic (exact) mass is 545 g/mol. The van der Waals surface area contributed by atoms with Crippen molar-refractivity contribution < 1.29 is 9.13 Å². The van der Waals surface area contributed by atoms with E-state index in [0.717, 1.165) is 64.1 Å². The second kappa shape index (κ2) is 10.4. The average molecular weight is 546 g/mol. The molecule has 162 valence electrons. The van der Waals surface area contributed by atoms with Gasteiger partial charge in [0.05, 0.1) is 6.20 Å². The van der Waals surface area contributed by atoms with Crippen LogP contribution in [-0.4, -0.2) is 45.9 Å². The molecule has 2 aliphatic rings. The molecule has 2 aliphatic heterocycles. The first-order valence-corrected chi connectivity index (χ1v) is 11.7. The van der Waals surface area contributed by atoms with Gasteiger partial charge in [0.25, 0.3) is 0 Å². The van der Waals surface area contributed by atoms with Gasteiger partial charge in [-0.25, -0.2) is 12.5 Å². The molecule has 30 heavy (non-hydrogen) atoms. The smallest absolute Gasteiger partial charge is 0.229 e. The normalized spacial score (nSPS) is 19.0. The highest BCUT2D eigenvalue weighted by Crippen LogP contribution is 2.32. The number of piperidine rings is 1. The zero-order valence-corrected chi connectivity index (χ0v) is 19.6. The van der Waals surface area contributed by atoms with E-state index in [1.54, 1.807) is 6.20 Å². The highest BCUT2D eigenvalue weighted by molar-refractivity contribution is 14.1. The summed E-state index contributed by atoms with van der Waals surface area (Å²) < 4.78 is 22.4. The van der Waals surface area contributed by atoms with Crippen molar-refractivity contribution in [1.29, 1.82) is 0 Å². The summed E-state index contributed by atoms with van der Waals surface area (Å²) in [5.74, 6) is 1.61. The lowest BCUT2D eigenvalue weighted by molar-refractivity contribution is 0.0699. The third kappa shape index (κ3) is 5.72. The Morgan fingerprint density at radius 3 is 2.70 bits per heavy atom. The van der Waals surface area contributed by atoms with Gasteiger partial charge in [-0.15, -0.1) is 0 Å². The minimum Gasteiger partial charge on any atom is -0.381 e. The molecule has 2 saturated heterocycles. The topological polar surface area (TPSA) is 62.3 Å². The van der Waals surface area contributed by atoms with E-state index < -0.39 is 0 Å². The largest absolute Gasteiger partial charge is 0.381 e. The molecule has 0 amide bonds. The van der Waals surface area contributed by atoms with Gasteiger partial charge in [-0.2, -0.15) is 4.98 Å². The number of benzene rings is 1. The minimum absolute atomic E-state index is 0.182. The van der Waals surface area contributed by atoms with Crippen LogP contribution in [-0.2, 0) is 4.74 Å². The summed E-state index contributed by atoms with van der Waals surface area (Å²) in [6.45, 7) is 4.38. The molecular formula is C21H26ClFIN5O. The second-order valence-corrected chi connectivity index (χ2v) is 9.64. The molecule has 0 bridgehead atoms. The van der Waals surface area contributed by atoms with Crippen LogP contribution >= 0.6 is 34.5 Å². The summed E-state index contributed by atoms with van der Waals surface area (Å²) in [7, 11) is 0. The fourth-order valence-electron chi connectivity index (χ4n) is 3.97. The fraction of sp³-hybridized carbons (Fsp3) is 0.524. The van der Waals surface area contributed by atoms with Crippen molar-refractivity contribution >= 4 is 51.9 Å². The van der Waals surface area contributed by atoms with E-state index >= 15 is 0 Å². The summed E-state index contributed by atoms with van der Waals surface area (Å²) in [5, 5.41) is 6.88. The quantitative estimate of drug-likeness (QED) is 0.375. The number of nitrogens with zero attached hydrogens (tertiary/aromatic N) is 3. The maximum absolute atomic E-state index is 14.8. The molecule has 0 saturated carbocycles. The molecule has 6 nitrogen and oxygen atoms in total. The minimum atomic E-state index is -0.182. The van der Waals surface area contributed by atoms with Crippen molar-refractivity contribution in [2.24, 2.45) is 5.92 Å². The van der Waals surface area contributed by atoms with Crippen molar-refractivity contribution in [3.05, 3.63) is 40.8 Å². The van der Waals surface area contributed by atoms with E-state index in [2.05, 4.69) is 46.6 Å². The predicted octanol–water partition coefficient (Wildman–Crippen LogP) is 5.38. The van der Waals surface area contributed by atoms with Gasteiger partial charge in [0.1, 0.15) is 10.8 Å². The third-order valence-electron chi connectivity index (χ3n) is 5.78. The van der Waals surface area contributed by atoms with Crippen LogP contribution in [0.1, 0.15) is 37.2 Å². The molecule has 4 rings (SSSR count). The maximum atomic E-state index is 14.8. The van der Waals surface area contributed by atoms with Crippen LogP contribution in [0.15, 0.2) is 24.4 Å². The third-order valence-corrected chi connectivity index (χ3v) is 7.02. The van der Waals surface area contributed by atoms with Crippen molar-refractivity contribution in [1.82, 2.24) is 13.1 Å². The number of hydrogen-bond acceptors (Lipinski definition) is 6. The van der Waals surface area contributed by atoms with Crippen LogP contribution in [0.3, 0.4) is 0 Å². The van der Waals surface area contributed by atoms with Gasteiger partial charge < -0.3 is 15.4 Å². The van der Waals surface area contributed by atoms with Crippen LogP contribution in [0.25, 0.3) is 0 Å². The summed E-state index contributed by atoms with van der Waals surface area (Å²) in [4.78, 5) is 8.71. The molecule has 2 fully saturated rings. The van der Waals surface area contributed by atoms with Crippen molar-refractivity contribution in [3.63, 3.8) is 0 Å². The number of aromatic nitrogens is 2. The lowest BCUT2D eigenvalue weighted by Crippen LogP contribution is -2.25. The Hall–Kier alpha value is -1.23.